The zero-order chi connectivity index (χ0) is 21.8. The van der Waals surface area contributed by atoms with Crippen LogP contribution in [0, 0.1) is 13.8 Å². The fraction of sp³-hybridized carbons (Fsp3) is 0.238. The van der Waals surface area contributed by atoms with Crippen molar-refractivity contribution in [1.82, 2.24) is 9.38 Å². The summed E-state index contributed by atoms with van der Waals surface area (Å²) in [6.07, 6.45) is 4.84. The van der Waals surface area contributed by atoms with Crippen molar-refractivity contribution in [3.8, 4) is 0 Å². The summed E-state index contributed by atoms with van der Waals surface area (Å²) >= 11 is 0.955. The fourth-order valence-electron chi connectivity index (χ4n) is 2.81. The minimum atomic E-state index is -0.630. The molecule has 0 spiro atoms. The molecule has 0 fully saturated rings. The number of carbonyl (C=O) groups is 3. The minimum Gasteiger partial charge on any atom is -0.462 e. The third-order valence-corrected chi connectivity index (χ3v) is 5.41. The summed E-state index contributed by atoms with van der Waals surface area (Å²) in [5.41, 5.74) is 2.33. The number of nitrogens with zero attached hydrogens (tertiary/aromatic N) is 2. The Hall–Kier alpha value is -3.46. The molecule has 1 N–H and O–H groups in total. The van der Waals surface area contributed by atoms with E-state index in [1.165, 1.54) is 6.08 Å². The van der Waals surface area contributed by atoms with Crippen LogP contribution in [0.15, 0.2) is 37.2 Å². The highest BCUT2D eigenvalue weighted by atomic mass is 32.1. The number of anilines is 1. The van der Waals surface area contributed by atoms with Crippen LogP contribution >= 0.6 is 11.3 Å². The maximum absolute atomic E-state index is 12.8. The fourth-order valence-corrected chi connectivity index (χ4v) is 3.89. The van der Waals surface area contributed by atoms with E-state index in [2.05, 4.69) is 16.9 Å². The number of aromatic nitrogens is 2. The predicted molar refractivity (Wildman–Crippen MR) is 113 cm³/mol. The number of imidazole rings is 1. The van der Waals surface area contributed by atoms with Crippen LogP contribution in [0.2, 0.25) is 0 Å². The van der Waals surface area contributed by atoms with Crippen molar-refractivity contribution < 1.29 is 23.9 Å². The molecular weight excluding hydrogens is 406 g/mol. The number of pyridine rings is 1. The van der Waals surface area contributed by atoms with Crippen LogP contribution in [0.3, 0.4) is 0 Å². The van der Waals surface area contributed by atoms with Gasteiger partial charge < -0.3 is 19.2 Å². The average molecular weight is 427 g/mol. The van der Waals surface area contributed by atoms with Crippen molar-refractivity contribution in [3.05, 3.63) is 64.4 Å². The smallest absolute Gasteiger partial charge is 0.348 e. The first-order valence-electron chi connectivity index (χ1n) is 9.21. The van der Waals surface area contributed by atoms with E-state index in [9.17, 15) is 14.4 Å². The zero-order valence-electron chi connectivity index (χ0n) is 16.9. The second-order valence-electron chi connectivity index (χ2n) is 6.42. The third kappa shape index (κ3) is 4.25. The van der Waals surface area contributed by atoms with E-state index >= 15 is 0 Å². The number of hydrogen-bond donors (Lipinski definition) is 1. The normalized spacial score (nSPS) is 10.6. The molecule has 3 heterocycles. The van der Waals surface area contributed by atoms with E-state index in [0.29, 0.717) is 11.2 Å². The topological polar surface area (TPSA) is 99.0 Å². The number of esters is 2. The molecule has 3 aromatic heterocycles. The molecule has 0 aromatic carbocycles. The molecule has 0 unspecified atom stereocenters. The molecule has 0 aliphatic carbocycles. The molecule has 156 valence electrons. The number of rotatable bonds is 7. The van der Waals surface area contributed by atoms with Crippen molar-refractivity contribution in [2.75, 3.05) is 18.5 Å². The zero-order valence-corrected chi connectivity index (χ0v) is 17.7. The Bertz CT molecular complexity index is 1150. The van der Waals surface area contributed by atoms with Gasteiger partial charge in [-0.1, -0.05) is 12.7 Å². The Kier molecular flexibility index (Phi) is 6.31. The standard InChI is InChI=1S/C21H21N3O5S/c1-5-9-29-21(27)17-13(4)16(20(26)28-6-2)19(30-17)23-18(25)14-11-24-8-7-12(3)10-15(24)22-14/h5,7-8,10-11H,1,6,9H2,2-4H3,(H,23,25). The first kappa shape index (κ1) is 21.3. The Morgan fingerprint density at radius 1 is 1.27 bits per heavy atom. The lowest BCUT2D eigenvalue weighted by molar-refractivity contribution is 0.0527. The lowest BCUT2D eigenvalue weighted by Gasteiger charge is -2.06. The number of thiophene rings is 1. The molecule has 9 heteroatoms. The minimum absolute atomic E-state index is 0.0350. The van der Waals surface area contributed by atoms with Crippen LogP contribution in [0.25, 0.3) is 5.65 Å². The Morgan fingerprint density at radius 2 is 2.03 bits per heavy atom. The summed E-state index contributed by atoms with van der Waals surface area (Å²) in [6.45, 7) is 8.91. The van der Waals surface area contributed by atoms with Gasteiger partial charge in [0.25, 0.3) is 5.91 Å². The summed E-state index contributed by atoms with van der Waals surface area (Å²) in [6, 6.07) is 3.75. The molecule has 0 atom stereocenters. The van der Waals surface area contributed by atoms with Gasteiger partial charge in [-0.3, -0.25) is 4.79 Å². The Morgan fingerprint density at radius 3 is 2.73 bits per heavy atom. The van der Waals surface area contributed by atoms with Gasteiger partial charge in [-0.05, 0) is 44.0 Å². The molecule has 3 aromatic rings. The molecule has 0 saturated heterocycles. The molecule has 30 heavy (non-hydrogen) atoms. The van der Waals surface area contributed by atoms with Crippen LogP contribution in [-0.4, -0.2) is 40.4 Å². The summed E-state index contributed by atoms with van der Waals surface area (Å²) in [4.78, 5) is 42.1. The molecule has 0 bridgehead atoms. The molecule has 0 saturated carbocycles. The number of ether oxygens (including phenoxy) is 2. The molecule has 3 rings (SSSR count). The van der Waals surface area contributed by atoms with Gasteiger partial charge in [-0.15, -0.1) is 11.3 Å². The summed E-state index contributed by atoms with van der Waals surface area (Å²) in [5.74, 6) is -1.74. The summed E-state index contributed by atoms with van der Waals surface area (Å²) in [7, 11) is 0. The van der Waals surface area contributed by atoms with Crippen molar-refractivity contribution in [3.63, 3.8) is 0 Å². The molecule has 0 aliphatic rings. The second kappa shape index (κ2) is 8.91. The number of nitrogens with one attached hydrogen (secondary N) is 1. The first-order valence-corrected chi connectivity index (χ1v) is 10.0. The van der Waals surface area contributed by atoms with E-state index in [-0.39, 0.29) is 34.3 Å². The van der Waals surface area contributed by atoms with Crippen molar-refractivity contribution in [2.24, 2.45) is 0 Å². The molecule has 8 nitrogen and oxygen atoms in total. The van der Waals surface area contributed by atoms with E-state index in [4.69, 9.17) is 9.47 Å². The van der Waals surface area contributed by atoms with Gasteiger partial charge in [0.15, 0.2) is 0 Å². The van der Waals surface area contributed by atoms with E-state index in [0.717, 1.165) is 16.9 Å². The highest BCUT2D eigenvalue weighted by molar-refractivity contribution is 7.18. The SMILES string of the molecule is C=CCOC(=O)c1sc(NC(=O)c2cn3ccc(C)cc3n2)c(C(=O)OCC)c1C. The van der Waals surface area contributed by atoms with Crippen LogP contribution in [0.1, 0.15) is 48.6 Å². The third-order valence-electron chi connectivity index (χ3n) is 4.22. The van der Waals surface area contributed by atoms with Crippen LogP contribution in [0.5, 0.6) is 0 Å². The Balaban J connectivity index is 1.95. The van der Waals surface area contributed by atoms with Crippen LogP contribution in [-0.2, 0) is 9.47 Å². The molecule has 1 amide bonds. The van der Waals surface area contributed by atoms with Crippen molar-refractivity contribution >= 4 is 39.8 Å². The van der Waals surface area contributed by atoms with Gasteiger partial charge in [0, 0.05) is 12.4 Å². The number of amides is 1. The Labute approximate surface area is 177 Å². The quantitative estimate of drug-likeness (QED) is 0.455. The van der Waals surface area contributed by atoms with Gasteiger partial charge >= 0.3 is 11.9 Å². The van der Waals surface area contributed by atoms with Crippen LogP contribution < -0.4 is 5.32 Å². The molecule has 0 aliphatic heterocycles. The van der Waals surface area contributed by atoms with Crippen LogP contribution in [0.4, 0.5) is 5.00 Å². The van der Waals surface area contributed by atoms with E-state index in [1.807, 2.05) is 25.3 Å². The highest BCUT2D eigenvalue weighted by Crippen LogP contribution is 2.34. The number of carbonyl (C=O) groups excluding carboxylic acids is 3. The van der Waals surface area contributed by atoms with E-state index in [1.54, 1.807) is 24.4 Å². The van der Waals surface area contributed by atoms with Gasteiger partial charge in [0.1, 0.15) is 27.8 Å². The predicted octanol–water partition coefficient (Wildman–Crippen LogP) is 3.78. The van der Waals surface area contributed by atoms with Gasteiger partial charge in [0.2, 0.25) is 0 Å². The van der Waals surface area contributed by atoms with Gasteiger partial charge in [-0.25, -0.2) is 14.6 Å². The lowest BCUT2D eigenvalue weighted by Crippen LogP contribution is -2.15. The maximum atomic E-state index is 12.8. The first-order chi connectivity index (χ1) is 14.3. The van der Waals surface area contributed by atoms with Gasteiger partial charge in [-0.2, -0.15) is 0 Å². The van der Waals surface area contributed by atoms with Crippen molar-refractivity contribution in [2.45, 2.75) is 20.8 Å². The molecular formula is C21H21N3O5S. The average Bonchev–Trinajstić information content (AvgIpc) is 3.27. The molecule has 0 radical (unpaired) electrons. The lowest BCUT2D eigenvalue weighted by atomic mass is 10.1. The summed E-state index contributed by atoms with van der Waals surface area (Å²) in [5, 5.41) is 2.89. The highest BCUT2D eigenvalue weighted by Gasteiger charge is 2.28. The summed E-state index contributed by atoms with van der Waals surface area (Å²) < 4.78 is 11.9. The monoisotopic (exact) mass is 427 g/mol. The number of hydrogen-bond acceptors (Lipinski definition) is 7. The van der Waals surface area contributed by atoms with Crippen molar-refractivity contribution in [1.29, 1.82) is 0 Å². The second-order valence-corrected chi connectivity index (χ2v) is 7.44. The van der Waals surface area contributed by atoms with E-state index < -0.39 is 17.8 Å². The number of fused-ring (bicyclic) bond motifs is 1. The van der Waals surface area contributed by atoms with Gasteiger partial charge in [0.05, 0.1) is 12.2 Å². The maximum Gasteiger partial charge on any atom is 0.348 e. The largest absolute Gasteiger partial charge is 0.462 e. The number of aryl methyl sites for hydroxylation is 1.